The normalized spacial score (nSPS) is 12.2. The summed E-state index contributed by atoms with van der Waals surface area (Å²) in [6.45, 7) is 1.87. The number of alkyl halides is 3. The first-order chi connectivity index (χ1) is 13.0. The molecule has 0 amide bonds. The van der Waals surface area contributed by atoms with Gasteiger partial charge in [-0.15, -0.1) is 0 Å². The van der Waals surface area contributed by atoms with E-state index in [1.165, 1.54) is 18.2 Å². The Morgan fingerprint density at radius 1 is 1.18 bits per heavy atom. The Kier molecular flexibility index (Phi) is 7.53. The third kappa shape index (κ3) is 5.49. The molecule has 0 saturated carbocycles. The molecule has 150 valence electrons. The monoisotopic (exact) mass is 498 g/mol. The summed E-state index contributed by atoms with van der Waals surface area (Å²) in [4.78, 5) is 11.8. The summed E-state index contributed by atoms with van der Waals surface area (Å²) in [5.74, 6) is -1.52. The van der Waals surface area contributed by atoms with E-state index in [0.29, 0.717) is 10.0 Å². The minimum atomic E-state index is -4.70. The average molecular weight is 500 g/mol. The minimum Gasteiger partial charge on any atom is -0.462 e. The third-order valence-electron chi connectivity index (χ3n) is 3.67. The molecule has 0 heterocycles. The van der Waals surface area contributed by atoms with Crippen molar-refractivity contribution in [3.63, 3.8) is 0 Å². The van der Waals surface area contributed by atoms with E-state index in [-0.39, 0.29) is 24.2 Å². The molecule has 28 heavy (non-hydrogen) atoms. The Labute approximate surface area is 177 Å². The Balaban J connectivity index is 2.37. The van der Waals surface area contributed by atoms with Gasteiger partial charge in [0.2, 0.25) is 0 Å². The maximum absolute atomic E-state index is 13.5. The van der Waals surface area contributed by atoms with E-state index in [0.717, 1.165) is 18.2 Å². The van der Waals surface area contributed by atoms with Gasteiger partial charge >= 0.3 is 12.1 Å². The molecule has 0 fully saturated rings. The number of carbonyl (C=O) groups is 1. The smallest absolute Gasteiger partial charge is 0.416 e. The third-order valence-corrected chi connectivity index (χ3v) is 4.88. The van der Waals surface area contributed by atoms with Crippen molar-refractivity contribution in [3.05, 3.63) is 73.4 Å². The van der Waals surface area contributed by atoms with Crippen LogP contribution in [0.15, 0.2) is 40.9 Å². The molecule has 0 aliphatic rings. The highest BCUT2D eigenvalue weighted by molar-refractivity contribution is 9.10. The lowest BCUT2D eigenvalue weighted by Gasteiger charge is -2.14. The molecule has 0 aromatic heterocycles. The largest absolute Gasteiger partial charge is 0.462 e. The summed E-state index contributed by atoms with van der Waals surface area (Å²) in [6, 6.07) is 6.27. The van der Waals surface area contributed by atoms with Crippen LogP contribution >= 0.6 is 39.1 Å². The van der Waals surface area contributed by atoms with E-state index in [2.05, 4.69) is 15.9 Å². The van der Waals surface area contributed by atoms with Gasteiger partial charge in [-0.25, -0.2) is 9.18 Å². The molecular weight excluding hydrogens is 487 g/mol. The molecule has 2 rings (SSSR count). The predicted octanol–water partition coefficient (Wildman–Crippen LogP) is 7.26. The number of hydrogen-bond donors (Lipinski definition) is 0. The van der Waals surface area contributed by atoms with Gasteiger partial charge in [-0.1, -0.05) is 35.3 Å². The zero-order valence-electron chi connectivity index (χ0n) is 14.3. The number of halogens is 7. The van der Waals surface area contributed by atoms with Crippen LogP contribution in [0.5, 0.6) is 0 Å². The summed E-state index contributed by atoms with van der Waals surface area (Å²) in [5, 5.41) is -1.00. The Bertz CT molecular complexity index is 904. The van der Waals surface area contributed by atoms with Crippen molar-refractivity contribution >= 4 is 50.7 Å². The lowest BCUT2D eigenvalue weighted by molar-refractivity contribution is -0.0690. The SMILES string of the molecule is CCOC(=O)c1ccc(CC=C(c2cc(Cl)c(F)c(Cl)c2)C(F)(F)F)cc1Br. The van der Waals surface area contributed by atoms with Crippen LogP contribution < -0.4 is 0 Å². The van der Waals surface area contributed by atoms with Crippen molar-refractivity contribution in [2.45, 2.75) is 19.5 Å². The molecule has 0 aliphatic heterocycles. The first kappa shape index (κ1) is 22.7. The number of carbonyl (C=O) groups excluding carboxylic acids is 1. The molecule has 0 aliphatic carbocycles. The second kappa shape index (κ2) is 9.29. The summed E-state index contributed by atoms with van der Waals surface area (Å²) in [7, 11) is 0. The van der Waals surface area contributed by atoms with E-state index in [9.17, 15) is 22.4 Å². The van der Waals surface area contributed by atoms with Gasteiger partial charge in [-0.05, 0) is 64.7 Å². The van der Waals surface area contributed by atoms with Crippen molar-refractivity contribution in [1.82, 2.24) is 0 Å². The van der Waals surface area contributed by atoms with Crippen LogP contribution in [0.4, 0.5) is 17.6 Å². The second-order valence-electron chi connectivity index (χ2n) is 5.61. The highest BCUT2D eigenvalue weighted by Crippen LogP contribution is 2.37. The zero-order valence-corrected chi connectivity index (χ0v) is 17.4. The van der Waals surface area contributed by atoms with E-state index >= 15 is 0 Å². The van der Waals surface area contributed by atoms with Gasteiger partial charge in [-0.2, -0.15) is 13.2 Å². The number of esters is 1. The second-order valence-corrected chi connectivity index (χ2v) is 7.28. The minimum absolute atomic E-state index is 0.0941. The molecule has 0 unspecified atom stereocenters. The van der Waals surface area contributed by atoms with Gasteiger partial charge in [0.25, 0.3) is 0 Å². The fourth-order valence-corrected chi connectivity index (χ4v) is 3.46. The standard InChI is InChI=1S/C19H13BrCl2F4O2/c1-2-28-18(27)12-5-3-10(7-14(12)20)4-6-13(19(24,25)26)11-8-15(21)17(23)16(22)9-11/h3,5-9H,2,4H2,1H3. The number of benzene rings is 2. The molecular formula is C19H13BrCl2F4O2. The van der Waals surface area contributed by atoms with Gasteiger partial charge in [0.15, 0.2) is 5.82 Å². The van der Waals surface area contributed by atoms with Crippen molar-refractivity contribution in [2.24, 2.45) is 0 Å². The highest BCUT2D eigenvalue weighted by atomic mass is 79.9. The molecule has 0 spiro atoms. The van der Waals surface area contributed by atoms with E-state index < -0.39 is 33.6 Å². The molecule has 0 radical (unpaired) electrons. The molecule has 9 heteroatoms. The number of hydrogen-bond acceptors (Lipinski definition) is 2. The van der Waals surface area contributed by atoms with E-state index in [1.54, 1.807) is 6.92 Å². The van der Waals surface area contributed by atoms with Gasteiger partial charge in [0.1, 0.15) is 0 Å². The van der Waals surface area contributed by atoms with Gasteiger partial charge in [0, 0.05) is 4.47 Å². The maximum Gasteiger partial charge on any atom is 0.416 e. The van der Waals surface area contributed by atoms with Crippen LogP contribution in [-0.2, 0) is 11.2 Å². The van der Waals surface area contributed by atoms with Crippen molar-refractivity contribution < 1.29 is 27.1 Å². The maximum atomic E-state index is 13.5. The molecule has 0 N–H and O–H groups in total. The van der Waals surface area contributed by atoms with E-state index in [1.807, 2.05) is 0 Å². The van der Waals surface area contributed by atoms with Gasteiger partial charge in [0.05, 0.1) is 27.8 Å². The number of allylic oxidation sites excluding steroid dienone is 2. The summed E-state index contributed by atoms with van der Waals surface area (Å²) in [6.07, 6.45) is -3.85. The topological polar surface area (TPSA) is 26.3 Å². The number of ether oxygens (including phenoxy) is 1. The Hall–Kier alpha value is -1.57. The van der Waals surface area contributed by atoms with Crippen LogP contribution in [0.3, 0.4) is 0 Å². The fourth-order valence-electron chi connectivity index (χ4n) is 2.39. The molecule has 0 bridgehead atoms. The van der Waals surface area contributed by atoms with Gasteiger partial charge in [-0.3, -0.25) is 0 Å². The summed E-state index contributed by atoms with van der Waals surface area (Å²) < 4.78 is 59.3. The molecule has 2 nitrogen and oxygen atoms in total. The fraction of sp³-hybridized carbons (Fsp3) is 0.211. The Morgan fingerprint density at radius 2 is 1.79 bits per heavy atom. The average Bonchev–Trinajstić information content (AvgIpc) is 2.58. The number of rotatable bonds is 5. The molecule has 0 atom stereocenters. The van der Waals surface area contributed by atoms with Crippen LogP contribution in [0.25, 0.3) is 5.57 Å². The lowest BCUT2D eigenvalue weighted by Crippen LogP contribution is -2.11. The molecule has 2 aromatic rings. The van der Waals surface area contributed by atoms with Crippen molar-refractivity contribution in [3.8, 4) is 0 Å². The van der Waals surface area contributed by atoms with E-state index in [4.69, 9.17) is 27.9 Å². The Morgan fingerprint density at radius 3 is 2.29 bits per heavy atom. The highest BCUT2D eigenvalue weighted by Gasteiger charge is 2.35. The first-order valence-electron chi connectivity index (χ1n) is 7.92. The van der Waals surface area contributed by atoms with Crippen molar-refractivity contribution in [2.75, 3.05) is 6.61 Å². The van der Waals surface area contributed by atoms with Crippen LogP contribution in [0, 0.1) is 5.82 Å². The van der Waals surface area contributed by atoms with Crippen LogP contribution in [-0.4, -0.2) is 18.8 Å². The van der Waals surface area contributed by atoms with Crippen LogP contribution in [0.1, 0.15) is 28.4 Å². The lowest BCUT2D eigenvalue weighted by atomic mass is 10.0. The molecule has 0 saturated heterocycles. The quantitative estimate of drug-likeness (QED) is 0.246. The van der Waals surface area contributed by atoms with Crippen LogP contribution in [0.2, 0.25) is 10.0 Å². The summed E-state index contributed by atoms with van der Waals surface area (Å²) in [5.41, 5.74) is -0.559. The predicted molar refractivity (Wildman–Crippen MR) is 104 cm³/mol. The summed E-state index contributed by atoms with van der Waals surface area (Å²) >= 11 is 14.5. The van der Waals surface area contributed by atoms with Gasteiger partial charge < -0.3 is 4.74 Å². The van der Waals surface area contributed by atoms with Crippen molar-refractivity contribution in [1.29, 1.82) is 0 Å². The molecule has 2 aromatic carbocycles. The first-order valence-corrected chi connectivity index (χ1v) is 9.47. The zero-order chi connectivity index (χ0) is 21.1.